The highest BCUT2D eigenvalue weighted by Crippen LogP contribution is 2.46. The first-order chi connectivity index (χ1) is 15.9. The zero-order valence-electron chi connectivity index (χ0n) is 25.5. The van der Waals surface area contributed by atoms with Crippen molar-refractivity contribution in [3.05, 3.63) is 10.8 Å². The second-order valence-electron chi connectivity index (χ2n) is 14.5. The Bertz CT molecular complexity index is 791. The van der Waals surface area contributed by atoms with E-state index in [0.717, 1.165) is 10.8 Å². The summed E-state index contributed by atoms with van der Waals surface area (Å²) < 4.78 is 45.8. The van der Waals surface area contributed by atoms with Crippen LogP contribution in [0.4, 0.5) is 0 Å². The molecule has 0 saturated carbocycles. The molecule has 3 fully saturated rings. The zero-order chi connectivity index (χ0) is 27.8. The molecule has 0 bridgehead atoms. The van der Waals surface area contributed by atoms with Crippen LogP contribution in [0.3, 0.4) is 0 Å². The molecular weight excluding hydrogens is 473 g/mol. The van der Waals surface area contributed by atoms with Gasteiger partial charge < -0.3 is 32.4 Å². The highest BCUT2D eigenvalue weighted by atomic mass is 28.4. The van der Waals surface area contributed by atoms with E-state index in [1.54, 1.807) is 0 Å². The van der Waals surface area contributed by atoms with Gasteiger partial charge in [-0.15, -0.1) is 0 Å². The smallest absolute Gasteiger partial charge is 0.417 e. The zero-order valence-corrected chi connectivity index (χ0v) is 26.5. The Morgan fingerprint density at radius 1 is 0.528 bits per heavy atom. The van der Waals surface area contributed by atoms with Crippen LogP contribution in [0.15, 0.2) is 10.8 Å². The predicted octanol–water partition coefficient (Wildman–Crippen LogP) is 5.42. The molecule has 0 N–H and O–H groups in total. The summed E-state index contributed by atoms with van der Waals surface area (Å²) in [7, 11) is -3.69. The predicted molar refractivity (Wildman–Crippen MR) is 149 cm³/mol. The van der Waals surface area contributed by atoms with Crippen LogP contribution in [0.25, 0.3) is 0 Å². The molecule has 0 atom stereocenters. The van der Waals surface area contributed by atoms with Crippen LogP contribution >= 0.6 is 0 Å². The molecule has 3 aliphatic rings. The normalized spacial score (nSPS) is 27.6. The molecule has 0 aromatic carbocycles. The lowest BCUT2D eigenvalue weighted by molar-refractivity contribution is 0.00578. The molecule has 7 nitrogen and oxygen atoms in total. The van der Waals surface area contributed by atoms with E-state index in [4.69, 9.17) is 32.4 Å². The minimum Gasteiger partial charge on any atom is -0.417 e. The van der Waals surface area contributed by atoms with Crippen molar-refractivity contribution >= 4 is 29.7 Å². The second kappa shape index (κ2) is 9.22. The average Bonchev–Trinajstić information content (AvgIpc) is 3.07. The fourth-order valence-electron chi connectivity index (χ4n) is 4.20. The van der Waals surface area contributed by atoms with Gasteiger partial charge in [0, 0.05) is 6.61 Å². The summed E-state index contributed by atoms with van der Waals surface area (Å²) in [6.07, 6.45) is 0.588. The fourth-order valence-corrected chi connectivity index (χ4v) is 4.92. The maximum atomic E-state index is 6.58. The maximum Gasteiger partial charge on any atom is 0.489 e. The molecule has 0 amide bonds. The summed E-state index contributed by atoms with van der Waals surface area (Å²) in [6.45, 7) is 31.8. The molecule has 3 saturated heterocycles. The number of rotatable bonds is 7. The molecule has 11 heteroatoms. The largest absolute Gasteiger partial charge is 0.489 e. The molecule has 3 heterocycles. The van der Waals surface area contributed by atoms with Gasteiger partial charge in [-0.1, -0.05) is 0 Å². The first-order valence-electron chi connectivity index (χ1n) is 13.4. The fraction of sp³-hybridized carbons (Fsp3) is 0.920. The minimum atomic E-state index is -1.74. The lowest BCUT2D eigenvalue weighted by atomic mass is 9.50. The summed E-state index contributed by atoms with van der Waals surface area (Å²) in [5, 5.41) is 0.782. The van der Waals surface area contributed by atoms with Crippen molar-refractivity contribution in [1.29, 1.82) is 0 Å². The Hall–Kier alpha value is -0.128. The molecule has 0 spiro atoms. The van der Waals surface area contributed by atoms with Gasteiger partial charge in [0.15, 0.2) is 8.32 Å². The molecule has 204 valence electrons. The summed E-state index contributed by atoms with van der Waals surface area (Å²) in [5.74, 6) is 0. The van der Waals surface area contributed by atoms with E-state index < -0.39 is 63.3 Å². The van der Waals surface area contributed by atoms with E-state index in [1.807, 2.05) is 0 Å². The summed E-state index contributed by atoms with van der Waals surface area (Å²) in [4.78, 5) is 0. The Balaban J connectivity index is 2.14. The third-order valence-corrected chi connectivity index (χ3v) is 9.90. The van der Waals surface area contributed by atoms with Gasteiger partial charge in [0.1, 0.15) is 0 Å². The van der Waals surface area contributed by atoms with Gasteiger partial charge in [0.2, 0.25) is 0 Å². The Morgan fingerprint density at radius 3 is 1.08 bits per heavy atom. The van der Waals surface area contributed by atoms with Crippen molar-refractivity contribution in [2.24, 2.45) is 0 Å². The number of hydrogen-bond donors (Lipinski definition) is 0. The van der Waals surface area contributed by atoms with Gasteiger partial charge in [-0.3, -0.25) is 0 Å². The van der Waals surface area contributed by atoms with Crippen molar-refractivity contribution < 1.29 is 32.4 Å². The Labute approximate surface area is 222 Å². The van der Waals surface area contributed by atoms with Crippen LogP contribution in [-0.2, 0) is 32.4 Å². The number of hydrogen-bond acceptors (Lipinski definition) is 7. The van der Waals surface area contributed by atoms with E-state index in [-0.39, 0.29) is 0 Å². The van der Waals surface area contributed by atoms with Crippen LogP contribution in [0, 0.1) is 0 Å². The van der Waals surface area contributed by atoms with Crippen LogP contribution in [0.2, 0.25) is 19.6 Å². The van der Waals surface area contributed by atoms with Crippen molar-refractivity contribution in [2.45, 2.75) is 143 Å². The van der Waals surface area contributed by atoms with Crippen molar-refractivity contribution in [3.63, 3.8) is 0 Å². The SMILES string of the molecule is CC1(C)OB(C(CCO[Si](C)(C)C)=C(B2OC(C)(C)C(C)(C)O2)B2OC(C)(C)C(C)(C)O2)OC1(C)C. The molecule has 0 aromatic heterocycles. The molecule has 0 radical (unpaired) electrons. The average molecular weight is 522 g/mol. The second-order valence-corrected chi connectivity index (χ2v) is 19.0. The van der Waals surface area contributed by atoms with E-state index in [9.17, 15) is 0 Å². The highest BCUT2D eigenvalue weighted by Gasteiger charge is 2.62. The third-order valence-electron chi connectivity index (χ3n) is 8.83. The molecular formula is C25H49B3O7Si. The first kappa shape index (κ1) is 30.4. The molecule has 3 rings (SSSR count). The van der Waals surface area contributed by atoms with Crippen LogP contribution in [0.5, 0.6) is 0 Å². The lowest BCUT2D eigenvalue weighted by Gasteiger charge is -2.32. The minimum absolute atomic E-state index is 0.500. The van der Waals surface area contributed by atoms with Gasteiger partial charge in [-0.05, 0) is 120 Å². The maximum absolute atomic E-state index is 6.58. The molecule has 0 aliphatic carbocycles. The third kappa shape index (κ3) is 5.74. The van der Waals surface area contributed by atoms with E-state index in [2.05, 4.69) is 103 Å². The van der Waals surface area contributed by atoms with Crippen molar-refractivity contribution in [2.75, 3.05) is 6.61 Å². The van der Waals surface area contributed by atoms with Crippen LogP contribution < -0.4 is 0 Å². The Kier molecular flexibility index (Phi) is 7.79. The molecule has 3 aliphatic heterocycles. The van der Waals surface area contributed by atoms with Gasteiger partial charge in [-0.2, -0.15) is 0 Å². The van der Waals surface area contributed by atoms with Gasteiger partial charge in [0.05, 0.1) is 33.6 Å². The molecule has 36 heavy (non-hydrogen) atoms. The monoisotopic (exact) mass is 522 g/mol. The quantitative estimate of drug-likeness (QED) is 0.414. The van der Waals surface area contributed by atoms with Gasteiger partial charge in [0.25, 0.3) is 0 Å². The van der Waals surface area contributed by atoms with Gasteiger partial charge in [-0.25, -0.2) is 0 Å². The Morgan fingerprint density at radius 2 is 0.806 bits per heavy atom. The molecule has 0 aromatic rings. The van der Waals surface area contributed by atoms with E-state index >= 15 is 0 Å². The summed E-state index contributed by atoms with van der Waals surface area (Å²) >= 11 is 0. The lowest BCUT2D eigenvalue weighted by Crippen LogP contribution is -2.41. The standard InChI is InChI=1S/C25H49B3O7Si/c1-20(2)21(3,4)31-26(30-20)18(16-17-29-36(13,14)15)19(27-32-22(5,6)23(7,8)33-27)28-34-24(9,10)25(11,12)35-28/h16-17H2,1-15H3. The van der Waals surface area contributed by atoms with E-state index in [0.29, 0.717) is 13.0 Å². The van der Waals surface area contributed by atoms with Crippen LogP contribution in [0.1, 0.15) is 89.5 Å². The van der Waals surface area contributed by atoms with Crippen LogP contribution in [-0.4, -0.2) is 69.9 Å². The topological polar surface area (TPSA) is 64.6 Å². The summed E-state index contributed by atoms with van der Waals surface area (Å²) in [5.41, 5.74) is -2.20. The first-order valence-corrected chi connectivity index (χ1v) is 16.8. The van der Waals surface area contributed by atoms with E-state index in [1.165, 1.54) is 0 Å². The van der Waals surface area contributed by atoms with Crippen molar-refractivity contribution in [1.82, 2.24) is 0 Å². The molecule has 0 unspecified atom stereocenters. The highest BCUT2D eigenvalue weighted by molar-refractivity contribution is 6.81. The van der Waals surface area contributed by atoms with Crippen molar-refractivity contribution in [3.8, 4) is 0 Å². The van der Waals surface area contributed by atoms with Gasteiger partial charge >= 0.3 is 21.4 Å². The summed E-state index contributed by atoms with van der Waals surface area (Å²) in [6, 6.07) is 0.